The second-order valence-corrected chi connectivity index (χ2v) is 6.51. The fourth-order valence-corrected chi connectivity index (χ4v) is 3.15. The summed E-state index contributed by atoms with van der Waals surface area (Å²) in [5.74, 6) is -1.63. The largest absolute Gasteiger partial charge is 0.488 e. The first-order chi connectivity index (χ1) is 13.5. The molecule has 2 heterocycles. The zero-order valence-corrected chi connectivity index (χ0v) is 15.6. The maximum atomic E-state index is 14.4. The highest BCUT2D eigenvalue weighted by Crippen LogP contribution is 2.26. The molecule has 1 unspecified atom stereocenters. The Hall–Kier alpha value is -2.65. The molecule has 1 atom stereocenters. The van der Waals surface area contributed by atoms with Crippen LogP contribution in [0, 0.1) is 5.82 Å². The molecule has 1 amide bonds. The Kier molecular flexibility index (Phi) is 6.48. The molecule has 0 spiro atoms. The minimum absolute atomic E-state index is 0.00715. The van der Waals surface area contributed by atoms with E-state index in [1.165, 1.54) is 24.1 Å². The first kappa shape index (κ1) is 20.1. The monoisotopic (exact) mass is 394 g/mol. The van der Waals surface area contributed by atoms with Gasteiger partial charge in [-0.2, -0.15) is 0 Å². The Morgan fingerprint density at radius 3 is 2.93 bits per heavy atom. The summed E-state index contributed by atoms with van der Waals surface area (Å²) < 4.78 is 30.0. The van der Waals surface area contributed by atoms with Gasteiger partial charge in [0.1, 0.15) is 12.3 Å². The number of carbonyl (C=O) groups excluding carboxylic acids is 2. The van der Waals surface area contributed by atoms with Gasteiger partial charge in [-0.3, -0.25) is 4.79 Å². The number of β-amino-alcohol motifs (C(OH)–C–C–N with tert-alkyl or cyclic N) is 1. The number of hydrogen-bond acceptors (Lipinski definition) is 7. The summed E-state index contributed by atoms with van der Waals surface area (Å²) in [5, 5.41) is 11.9. The maximum absolute atomic E-state index is 14.4. The van der Waals surface area contributed by atoms with Gasteiger partial charge >= 0.3 is 5.97 Å². The third-order valence-corrected chi connectivity index (χ3v) is 4.60. The van der Waals surface area contributed by atoms with Crippen molar-refractivity contribution in [1.29, 1.82) is 0 Å². The molecule has 28 heavy (non-hydrogen) atoms. The van der Waals surface area contributed by atoms with E-state index in [1.54, 1.807) is 6.07 Å². The number of rotatable bonds is 8. The topological polar surface area (TPSA) is 97.3 Å². The molecule has 9 heteroatoms. The van der Waals surface area contributed by atoms with Crippen molar-refractivity contribution in [1.82, 2.24) is 4.90 Å². The summed E-state index contributed by atoms with van der Waals surface area (Å²) in [6, 6.07) is 4.20. The quantitative estimate of drug-likeness (QED) is 0.636. The fourth-order valence-electron chi connectivity index (χ4n) is 3.15. The van der Waals surface area contributed by atoms with Crippen LogP contribution in [0.1, 0.15) is 12.8 Å². The molecule has 1 saturated heterocycles. The lowest BCUT2D eigenvalue weighted by atomic mass is 10.2. The zero-order valence-electron chi connectivity index (χ0n) is 15.6. The van der Waals surface area contributed by atoms with Gasteiger partial charge in [0, 0.05) is 24.9 Å². The van der Waals surface area contributed by atoms with Crippen LogP contribution >= 0.6 is 0 Å². The summed E-state index contributed by atoms with van der Waals surface area (Å²) in [4.78, 5) is 25.8. The molecule has 8 nitrogen and oxygen atoms in total. The average molecular weight is 394 g/mol. The molecule has 1 aromatic carbocycles. The Bertz CT molecular complexity index is 776. The van der Waals surface area contributed by atoms with E-state index in [1.807, 2.05) is 0 Å². The lowest BCUT2D eigenvalue weighted by Gasteiger charge is -2.15. The molecule has 1 aromatic rings. The molecule has 0 radical (unpaired) electrons. The predicted octanol–water partition coefficient (Wildman–Crippen LogP) is 1.06. The van der Waals surface area contributed by atoms with Crippen LogP contribution in [0.4, 0.5) is 10.1 Å². The summed E-state index contributed by atoms with van der Waals surface area (Å²) in [5.41, 5.74) is 0.422. The summed E-state index contributed by atoms with van der Waals surface area (Å²) in [7, 11) is 1.21. The van der Waals surface area contributed by atoms with Crippen LogP contribution in [0.15, 0.2) is 29.5 Å². The normalized spacial score (nSPS) is 19.3. The minimum atomic E-state index is -0.659. The molecular weight excluding hydrogens is 371 g/mol. The van der Waals surface area contributed by atoms with Gasteiger partial charge in [0.15, 0.2) is 11.6 Å². The van der Waals surface area contributed by atoms with E-state index < -0.39 is 17.7 Å². The number of amides is 1. The van der Waals surface area contributed by atoms with E-state index in [9.17, 15) is 14.0 Å². The second kappa shape index (κ2) is 9.03. The number of ether oxygens (including phenoxy) is 3. The van der Waals surface area contributed by atoms with Crippen molar-refractivity contribution in [2.45, 2.75) is 18.9 Å². The molecule has 2 aliphatic heterocycles. The highest BCUT2D eigenvalue weighted by atomic mass is 19.1. The first-order valence-corrected chi connectivity index (χ1v) is 9.06. The van der Waals surface area contributed by atoms with Gasteiger partial charge in [-0.25, -0.2) is 9.18 Å². The number of nitrogens with one attached hydrogen (secondary N) is 1. The number of aliphatic hydroxyl groups excluding tert-OH is 1. The molecule has 2 aliphatic rings. The van der Waals surface area contributed by atoms with Gasteiger partial charge in [0.2, 0.25) is 0 Å². The van der Waals surface area contributed by atoms with Crippen molar-refractivity contribution in [3.05, 3.63) is 35.3 Å². The lowest BCUT2D eigenvalue weighted by molar-refractivity contribution is -0.136. The first-order valence-electron chi connectivity index (χ1n) is 9.06. The van der Waals surface area contributed by atoms with Crippen molar-refractivity contribution in [2.75, 3.05) is 45.3 Å². The number of esters is 1. The third kappa shape index (κ3) is 4.42. The summed E-state index contributed by atoms with van der Waals surface area (Å²) >= 11 is 0. The Morgan fingerprint density at radius 1 is 1.46 bits per heavy atom. The van der Waals surface area contributed by atoms with Crippen molar-refractivity contribution in [2.24, 2.45) is 0 Å². The molecule has 0 aliphatic carbocycles. The van der Waals surface area contributed by atoms with Gasteiger partial charge in [0.05, 0.1) is 31.9 Å². The predicted molar refractivity (Wildman–Crippen MR) is 97.2 cm³/mol. The molecule has 3 rings (SSSR count). The highest BCUT2D eigenvalue weighted by Gasteiger charge is 2.34. The van der Waals surface area contributed by atoms with Gasteiger partial charge in [-0.1, -0.05) is 0 Å². The number of halogens is 1. The summed E-state index contributed by atoms with van der Waals surface area (Å²) in [6.45, 7) is 0.821. The van der Waals surface area contributed by atoms with Crippen LogP contribution in [0.3, 0.4) is 0 Å². The van der Waals surface area contributed by atoms with Crippen molar-refractivity contribution < 1.29 is 33.3 Å². The number of carbonyl (C=O) groups is 2. The fraction of sp³-hybridized carbons (Fsp3) is 0.474. The molecule has 2 N–H and O–H groups in total. The SMILES string of the molecule is COC(=O)C1=C(Nc2ccc(OCC3CCCO3)c(F)c2)C(=O)N(CCO)C1. The van der Waals surface area contributed by atoms with Crippen LogP contribution in [0.5, 0.6) is 5.75 Å². The standard InChI is InChI=1S/C19H23FN2O6/c1-26-19(25)14-10-22(6-7-23)18(24)17(14)21-12-4-5-16(15(20)9-12)28-11-13-3-2-8-27-13/h4-5,9,13,21,23H,2-3,6-8,10-11H2,1H3. The van der Waals surface area contributed by atoms with E-state index in [0.717, 1.165) is 12.8 Å². The molecular formula is C19H23FN2O6. The zero-order chi connectivity index (χ0) is 20.1. The Morgan fingerprint density at radius 2 is 2.29 bits per heavy atom. The van der Waals surface area contributed by atoms with Crippen molar-refractivity contribution in [3.8, 4) is 5.75 Å². The highest BCUT2D eigenvalue weighted by molar-refractivity contribution is 6.08. The van der Waals surface area contributed by atoms with Gasteiger partial charge < -0.3 is 29.5 Å². The smallest absolute Gasteiger partial charge is 0.337 e. The van der Waals surface area contributed by atoms with Crippen molar-refractivity contribution in [3.63, 3.8) is 0 Å². The van der Waals surface area contributed by atoms with E-state index in [2.05, 4.69) is 5.32 Å². The number of methoxy groups -OCH3 is 1. The number of benzene rings is 1. The van der Waals surface area contributed by atoms with E-state index in [0.29, 0.717) is 6.61 Å². The van der Waals surface area contributed by atoms with Crippen LogP contribution in [0.25, 0.3) is 0 Å². The van der Waals surface area contributed by atoms with Gasteiger partial charge in [0.25, 0.3) is 5.91 Å². The molecule has 152 valence electrons. The molecule has 0 aromatic heterocycles. The number of hydrogen-bond donors (Lipinski definition) is 2. The minimum Gasteiger partial charge on any atom is -0.488 e. The maximum Gasteiger partial charge on any atom is 0.337 e. The number of nitrogens with zero attached hydrogens (tertiary/aromatic N) is 1. The second-order valence-electron chi connectivity index (χ2n) is 6.51. The van der Waals surface area contributed by atoms with E-state index in [-0.39, 0.29) is 55.1 Å². The van der Waals surface area contributed by atoms with Crippen LogP contribution < -0.4 is 10.1 Å². The van der Waals surface area contributed by atoms with Gasteiger partial charge in [-0.15, -0.1) is 0 Å². The van der Waals surface area contributed by atoms with Crippen LogP contribution in [-0.4, -0.2) is 68.0 Å². The Balaban J connectivity index is 1.72. The van der Waals surface area contributed by atoms with Crippen molar-refractivity contribution >= 4 is 17.6 Å². The van der Waals surface area contributed by atoms with Crippen LogP contribution in [0.2, 0.25) is 0 Å². The Labute approximate surface area is 161 Å². The number of aliphatic hydroxyl groups is 1. The van der Waals surface area contributed by atoms with E-state index >= 15 is 0 Å². The average Bonchev–Trinajstić information content (AvgIpc) is 3.31. The number of anilines is 1. The molecule has 0 bridgehead atoms. The van der Waals surface area contributed by atoms with E-state index in [4.69, 9.17) is 19.3 Å². The summed E-state index contributed by atoms with van der Waals surface area (Å²) in [6.07, 6.45) is 1.83. The molecule has 1 fully saturated rings. The third-order valence-electron chi connectivity index (χ3n) is 4.60. The van der Waals surface area contributed by atoms with Gasteiger partial charge in [-0.05, 0) is 25.0 Å². The molecule has 0 saturated carbocycles. The lowest BCUT2D eigenvalue weighted by Crippen LogP contribution is -2.31. The van der Waals surface area contributed by atoms with Crippen LogP contribution in [-0.2, 0) is 19.1 Å².